The summed E-state index contributed by atoms with van der Waals surface area (Å²) >= 11 is 0. The highest BCUT2D eigenvalue weighted by molar-refractivity contribution is 5.32. The van der Waals surface area contributed by atoms with Gasteiger partial charge in [-0.25, -0.2) is 0 Å². The fourth-order valence-electron chi connectivity index (χ4n) is 1.35. The zero-order valence-corrected chi connectivity index (χ0v) is 10.1. The molecule has 0 fully saturated rings. The number of rotatable bonds is 8. The van der Waals surface area contributed by atoms with Crippen molar-refractivity contribution < 1.29 is 0 Å². The molecule has 1 heteroatoms. The average molecular weight is 205 g/mol. The van der Waals surface area contributed by atoms with Crippen molar-refractivity contribution in [3.8, 4) is 6.07 Å². The highest BCUT2D eigenvalue weighted by Crippen LogP contribution is 2.05. The van der Waals surface area contributed by atoms with Crippen LogP contribution in [-0.4, -0.2) is 0 Å². The fourth-order valence-corrected chi connectivity index (χ4v) is 1.35. The van der Waals surface area contributed by atoms with Gasteiger partial charge in [0.2, 0.25) is 0 Å². The molecule has 0 aromatic heterocycles. The molecule has 15 heavy (non-hydrogen) atoms. The number of nitrogens with zero attached hydrogens (tertiary/aromatic N) is 1. The largest absolute Gasteiger partial charge is 0.192 e. The monoisotopic (exact) mass is 205 g/mol. The summed E-state index contributed by atoms with van der Waals surface area (Å²) in [5, 5.41) is 8.82. The van der Waals surface area contributed by atoms with E-state index in [0.29, 0.717) is 0 Å². The number of hydrogen-bond donors (Lipinski definition) is 0. The number of nitriles is 1. The van der Waals surface area contributed by atoms with E-state index in [9.17, 15) is 0 Å². The molecule has 84 valence electrons. The summed E-state index contributed by atoms with van der Waals surface area (Å²) in [6.07, 6.45) is 14.5. The van der Waals surface area contributed by atoms with E-state index in [1.165, 1.54) is 25.7 Å². The van der Waals surface area contributed by atoms with Crippen LogP contribution in [0.3, 0.4) is 0 Å². The third-order valence-corrected chi connectivity index (χ3v) is 2.30. The Balaban J connectivity index is 3.68. The Kier molecular flexibility index (Phi) is 10.3. The maximum absolute atomic E-state index is 8.82. The second kappa shape index (κ2) is 11.0. The van der Waals surface area contributed by atoms with E-state index >= 15 is 0 Å². The van der Waals surface area contributed by atoms with E-state index in [4.69, 9.17) is 5.26 Å². The van der Waals surface area contributed by atoms with E-state index in [1.807, 2.05) is 12.2 Å². The SMILES string of the molecule is CCC/C=C(C#N)/C=C/CCCCCC. The first-order valence-electron chi connectivity index (χ1n) is 6.12. The molecule has 0 aromatic carbocycles. The Morgan fingerprint density at radius 3 is 2.47 bits per heavy atom. The Bertz CT molecular complexity index is 230. The molecule has 0 saturated heterocycles. The van der Waals surface area contributed by atoms with Crippen LogP contribution in [-0.2, 0) is 0 Å². The van der Waals surface area contributed by atoms with Crippen molar-refractivity contribution in [1.82, 2.24) is 0 Å². The zero-order valence-electron chi connectivity index (χ0n) is 10.1. The Hall–Kier alpha value is -1.03. The summed E-state index contributed by atoms with van der Waals surface area (Å²) in [4.78, 5) is 0. The third-order valence-electron chi connectivity index (χ3n) is 2.30. The first-order valence-corrected chi connectivity index (χ1v) is 6.12. The molecule has 0 rings (SSSR count). The summed E-state index contributed by atoms with van der Waals surface area (Å²) in [5.74, 6) is 0. The van der Waals surface area contributed by atoms with Gasteiger partial charge in [-0.2, -0.15) is 5.26 Å². The quantitative estimate of drug-likeness (QED) is 0.318. The van der Waals surface area contributed by atoms with Crippen LogP contribution in [0.2, 0.25) is 0 Å². The molecule has 0 aliphatic heterocycles. The molecule has 0 atom stereocenters. The zero-order chi connectivity index (χ0) is 11.4. The fraction of sp³-hybridized carbons (Fsp3) is 0.643. The smallest absolute Gasteiger partial charge is 0.0988 e. The third kappa shape index (κ3) is 9.28. The van der Waals surface area contributed by atoms with Gasteiger partial charge >= 0.3 is 0 Å². The average Bonchev–Trinajstić information content (AvgIpc) is 2.27. The van der Waals surface area contributed by atoms with Crippen molar-refractivity contribution in [3.05, 3.63) is 23.8 Å². The molecule has 1 nitrogen and oxygen atoms in total. The minimum Gasteiger partial charge on any atom is -0.192 e. The second-order valence-corrected chi connectivity index (χ2v) is 3.81. The van der Waals surface area contributed by atoms with Gasteiger partial charge in [0.15, 0.2) is 0 Å². The molecule has 0 saturated carbocycles. The van der Waals surface area contributed by atoms with Gasteiger partial charge in [-0.1, -0.05) is 51.7 Å². The summed E-state index contributed by atoms with van der Waals surface area (Å²) in [5.41, 5.74) is 0.812. The normalized spacial score (nSPS) is 11.9. The van der Waals surface area contributed by atoms with Crippen molar-refractivity contribution in [3.63, 3.8) is 0 Å². The van der Waals surface area contributed by atoms with Crippen molar-refractivity contribution in [2.75, 3.05) is 0 Å². The summed E-state index contributed by atoms with van der Waals surface area (Å²) in [6, 6.07) is 2.21. The standard InChI is InChI=1S/C14H23N/c1-3-5-7-8-9-10-12-14(13-15)11-6-4-2/h10-12H,3-9H2,1-2H3/b12-10+,14-11-. The van der Waals surface area contributed by atoms with Gasteiger partial charge in [0.05, 0.1) is 6.07 Å². The molecule has 0 radical (unpaired) electrons. The number of unbranched alkanes of at least 4 members (excludes halogenated alkanes) is 5. The molecule has 0 N–H and O–H groups in total. The highest BCUT2D eigenvalue weighted by Gasteiger charge is 1.88. The second-order valence-electron chi connectivity index (χ2n) is 3.81. The van der Waals surface area contributed by atoms with Gasteiger partial charge in [0.1, 0.15) is 0 Å². The van der Waals surface area contributed by atoms with E-state index in [0.717, 1.165) is 24.8 Å². The first-order chi connectivity index (χ1) is 7.35. The number of hydrogen-bond acceptors (Lipinski definition) is 1. The van der Waals surface area contributed by atoms with Crippen molar-refractivity contribution in [2.45, 2.75) is 58.8 Å². The van der Waals surface area contributed by atoms with Crippen LogP contribution in [0.25, 0.3) is 0 Å². The molecule has 0 amide bonds. The lowest BCUT2D eigenvalue weighted by atomic mass is 10.1. The van der Waals surface area contributed by atoms with Crippen LogP contribution >= 0.6 is 0 Å². The molecular weight excluding hydrogens is 182 g/mol. The molecule has 0 aromatic rings. The summed E-state index contributed by atoms with van der Waals surface area (Å²) in [7, 11) is 0. The minimum atomic E-state index is 0.812. The lowest BCUT2D eigenvalue weighted by Crippen LogP contribution is -1.76. The van der Waals surface area contributed by atoms with E-state index in [1.54, 1.807) is 0 Å². The Labute approximate surface area is 94.5 Å². The van der Waals surface area contributed by atoms with Crippen molar-refractivity contribution in [1.29, 1.82) is 5.26 Å². The highest BCUT2D eigenvalue weighted by atomic mass is 14.2. The van der Waals surface area contributed by atoms with Crippen LogP contribution in [0.15, 0.2) is 23.8 Å². The molecule has 0 unspecified atom stereocenters. The molecular formula is C14H23N. The van der Waals surface area contributed by atoms with Crippen molar-refractivity contribution in [2.24, 2.45) is 0 Å². The molecule has 0 aliphatic rings. The van der Waals surface area contributed by atoms with E-state index in [2.05, 4.69) is 26.0 Å². The van der Waals surface area contributed by atoms with E-state index < -0.39 is 0 Å². The van der Waals surface area contributed by atoms with E-state index in [-0.39, 0.29) is 0 Å². The predicted molar refractivity (Wildman–Crippen MR) is 66.5 cm³/mol. The van der Waals surface area contributed by atoms with Crippen LogP contribution in [0, 0.1) is 11.3 Å². The lowest BCUT2D eigenvalue weighted by molar-refractivity contribution is 0.674. The Morgan fingerprint density at radius 1 is 1.07 bits per heavy atom. The lowest BCUT2D eigenvalue weighted by Gasteiger charge is -1.94. The van der Waals surface area contributed by atoms with Crippen molar-refractivity contribution >= 4 is 0 Å². The summed E-state index contributed by atoms with van der Waals surface area (Å²) in [6.45, 7) is 4.34. The van der Waals surface area contributed by atoms with Gasteiger partial charge in [0.25, 0.3) is 0 Å². The minimum absolute atomic E-state index is 0.812. The molecule has 0 spiro atoms. The van der Waals surface area contributed by atoms with Crippen LogP contribution in [0.1, 0.15) is 58.8 Å². The number of allylic oxidation sites excluding steroid dienone is 4. The van der Waals surface area contributed by atoms with Gasteiger partial charge < -0.3 is 0 Å². The maximum Gasteiger partial charge on any atom is 0.0988 e. The maximum atomic E-state index is 8.82. The van der Waals surface area contributed by atoms with Gasteiger partial charge in [0, 0.05) is 5.57 Å². The summed E-state index contributed by atoms with van der Waals surface area (Å²) < 4.78 is 0. The predicted octanol–water partition coefficient (Wildman–Crippen LogP) is 4.76. The molecule has 0 aliphatic carbocycles. The van der Waals surface area contributed by atoms with Gasteiger partial charge in [-0.3, -0.25) is 0 Å². The van der Waals surface area contributed by atoms with Crippen LogP contribution in [0.4, 0.5) is 0 Å². The Morgan fingerprint density at radius 2 is 1.87 bits per heavy atom. The van der Waals surface area contributed by atoms with Gasteiger partial charge in [-0.05, 0) is 25.3 Å². The molecule has 0 bridgehead atoms. The van der Waals surface area contributed by atoms with Crippen LogP contribution in [0.5, 0.6) is 0 Å². The first kappa shape index (κ1) is 14.0. The molecule has 0 heterocycles. The van der Waals surface area contributed by atoms with Crippen LogP contribution < -0.4 is 0 Å². The topological polar surface area (TPSA) is 23.8 Å². The van der Waals surface area contributed by atoms with Gasteiger partial charge in [-0.15, -0.1) is 0 Å².